The summed E-state index contributed by atoms with van der Waals surface area (Å²) in [6, 6.07) is 0.277. The van der Waals surface area contributed by atoms with Gasteiger partial charge in [-0.05, 0) is 47.5 Å². The van der Waals surface area contributed by atoms with E-state index >= 15 is 0 Å². The van der Waals surface area contributed by atoms with Crippen molar-refractivity contribution in [3.05, 3.63) is 0 Å². The van der Waals surface area contributed by atoms with Crippen molar-refractivity contribution < 1.29 is 9.53 Å². The molecule has 0 saturated heterocycles. The Morgan fingerprint density at radius 1 is 1.33 bits per heavy atom. The number of nitrogens with one attached hydrogen (secondary N) is 1. The molecule has 4 heteroatoms. The Morgan fingerprint density at radius 2 is 1.87 bits per heavy atom. The van der Waals surface area contributed by atoms with Gasteiger partial charge >= 0.3 is 6.09 Å². The van der Waals surface area contributed by atoms with Crippen LogP contribution < -0.4 is 11.1 Å². The second-order valence-electron chi connectivity index (χ2n) is 5.10. The molecule has 0 bridgehead atoms. The van der Waals surface area contributed by atoms with Gasteiger partial charge in [0.2, 0.25) is 0 Å². The van der Waals surface area contributed by atoms with E-state index in [2.05, 4.69) is 5.32 Å². The van der Waals surface area contributed by atoms with Crippen LogP contribution in [0.3, 0.4) is 0 Å². The van der Waals surface area contributed by atoms with Gasteiger partial charge in [0.05, 0.1) is 0 Å². The largest absolute Gasteiger partial charge is 0.444 e. The molecule has 0 fully saturated rings. The Morgan fingerprint density at radius 3 is 2.27 bits per heavy atom. The van der Waals surface area contributed by atoms with Crippen LogP contribution in [0.1, 0.15) is 47.5 Å². The zero-order valence-corrected chi connectivity index (χ0v) is 10.5. The first kappa shape index (κ1) is 14.2. The minimum absolute atomic E-state index is 0.103. The highest BCUT2D eigenvalue weighted by Crippen LogP contribution is 2.07. The van der Waals surface area contributed by atoms with Gasteiger partial charge in [0.15, 0.2) is 0 Å². The van der Waals surface area contributed by atoms with Crippen LogP contribution >= 0.6 is 0 Å². The number of ether oxygens (including phenoxy) is 1. The van der Waals surface area contributed by atoms with Gasteiger partial charge in [0, 0.05) is 12.1 Å². The van der Waals surface area contributed by atoms with Crippen LogP contribution in [0.5, 0.6) is 0 Å². The summed E-state index contributed by atoms with van der Waals surface area (Å²) in [6.07, 6.45) is 1.41. The zero-order valence-electron chi connectivity index (χ0n) is 10.5. The number of carbonyl (C=O) groups excluding carboxylic acids is 1. The predicted octanol–water partition coefficient (Wildman–Crippen LogP) is 2.03. The SMILES string of the molecule is C[C@@H](N)CC[C@H](C)NC(=O)OC(C)(C)C. The predicted molar refractivity (Wildman–Crippen MR) is 61.7 cm³/mol. The maximum Gasteiger partial charge on any atom is 0.407 e. The number of nitrogens with two attached hydrogens (primary N) is 1. The van der Waals surface area contributed by atoms with Crippen LogP contribution in [0.25, 0.3) is 0 Å². The van der Waals surface area contributed by atoms with Gasteiger partial charge in [-0.25, -0.2) is 4.79 Å². The van der Waals surface area contributed by atoms with Crippen molar-refractivity contribution in [1.29, 1.82) is 0 Å². The quantitative estimate of drug-likeness (QED) is 0.755. The second-order valence-corrected chi connectivity index (χ2v) is 5.10. The average molecular weight is 216 g/mol. The monoisotopic (exact) mass is 216 g/mol. The summed E-state index contributed by atoms with van der Waals surface area (Å²) >= 11 is 0. The fraction of sp³-hybridized carbons (Fsp3) is 0.909. The molecule has 0 spiro atoms. The summed E-state index contributed by atoms with van der Waals surface area (Å²) in [6.45, 7) is 9.45. The van der Waals surface area contributed by atoms with Crippen molar-refractivity contribution >= 4 is 6.09 Å². The fourth-order valence-electron chi connectivity index (χ4n) is 1.09. The standard InChI is InChI=1S/C11H24N2O2/c1-8(12)6-7-9(2)13-10(14)15-11(3,4)5/h8-9H,6-7,12H2,1-5H3,(H,13,14)/t8-,9+/m1/s1. The van der Waals surface area contributed by atoms with Gasteiger partial charge in [-0.2, -0.15) is 0 Å². The topological polar surface area (TPSA) is 64.3 Å². The number of hydrogen-bond donors (Lipinski definition) is 2. The molecule has 90 valence electrons. The highest BCUT2D eigenvalue weighted by molar-refractivity contribution is 5.67. The van der Waals surface area contributed by atoms with Gasteiger partial charge in [-0.15, -0.1) is 0 Å². The van der Waals surface area contributed by atoms with Crippen molar-refractivity contribution in [2.75, 3.05) is 0 Å². The molecule has 3 N–H and O–H groups in total. The fourth-order valence-corrected chi connectivity index (χ4v) is 1.09. The summed E-state index contributed by atoms with van der Waals surface area (Å²) in [7, 11) is 0. The molecule has 0 aliphatic carbocycles. The van der Waals surface area contributed by atoms with Crippen molar-refractivity contribution in [2.24, 2.45) is 5.73 Å². The van der Waals surface area contributed by atoms with Crippen LogP contribution in [0.2, 0.25) is 0 Å². The van der Waals surface area contributed by atoms with Gasteiger partial charge in [0.25, 0.3) is 0 Å². The molecule has 2 atom stereocenters. The lowest BCUT2D eigenvalue weighted by molar-refractivity contribution is 0.0505. The Labute approximate surface area is 92.6 Å². The molecule has 0 saturated carbocycles. The van der Waals surface area contributed by atoms with Crippen LogP contribution in [0.15, 0.2) is 0 Å². The Balaban J connectivity index is 3.77. The highest BCUT2D eigenvalue weighted by atomic mass is 16.6. The second kappa shape index (κ2) is 5.95. The number of carbonyl (C=O) groups is 1. The van der Waals surface area contributed by atoms with Crippen LogP contribution in [-0.4, -0.2) is 23.8 Å². The minimum Gasteiger partial charge on any atom is -0.444 e. The Bertz CT molecular complexity index is 197. The Kier molecular flexibility index (Phi) is 5.65. The van der Waals surface area contributed by atoms with Crippen LogP contribution in [-0.2, 0) is 4.74 Å². The van der Waals surface area contributed by atoms with Crippen molar-refractivity contribution in [3.8, 4) is 0 Å². The number of hydrogen-bond acceptors (Lipinski definition) is 3. The molecule has 0 unspecified atom stereocenters. The summed E-state index contributed by atoms with van der Waals surface area (Å²) in [5.41, 5.74) is 5.19. The lowest BCUT2D eigenvalue weighted by atomic mass is 10.1. The van der Waals surface area contributed by atoms with E-state index in [1.807, 2.05) is 34.6 Å². The van der Waals surface area contributed by atoms with Crippen LogP contribution in [0, 0.1) is 0 Å². The molecule has 0 aromatic carbocycles. The molecule has 0 aromatic heterocycles. The smallest absolute Gasteiger partial charge is 0.407 e. The third-order valence-electron chi connectivity index (χ3n) is 1.82. The van der Waals surface area contributed by atoms with Crippen molar-refractivity contribution in [1.82, 2.24) is 5.32 Å². The summed E-state index contributed by atoms with van der Waals surface area (Å²) in [5, 5.41) is 2.78. The van der Waals surface area contributed by atoms with Crippen molar-refractivity contribution in [3.63, 3.8) is 0 Å². The van der Waals surface area contributed by atoms with E-state index in [1.165, 1.54) is 0 Å². The van der Waals surface area contributed by atoms with Crippen molar-refractivity contribution in [2.45, 2.75) is 65.1 Å². The lowest BCUT2D eigenvalue weighted by Crippen LogP contribution is -2.38. The third kappa shape index (κ3) is 9.53. The summed E-state index contributed by atoms with van der Waals surface area (Å²) in [4.78, 5) is 11.3. The van der Waals surface area contributed by atoms with E-state index in [1.54, 1.807) is 0 Å². The van der Waals surface area contributed by atoms with Crippen LogP contribution in [0.4, 0.5) is 4.79 Å². The van der Waals surface area contributed by atoms with Gasteiger partial charge in [0.1, 0.15) is 5.60 Å². The van der Waals surface area contributed by atoms with E-state index in [-0.39, 0.29) is 18.2 Å². The molecule has 0 aromatic rings. The molecular formula is C11H24N2O2. The maximum atomic E-state index is 11.3. The van der Waals surface area contributed by atoms with E-state index in [4.69, 9.17) is 10.5 Å². The van der Waals surface area contributed by atoms with E-state index in [9.17, 15) is 4.79 Å². The average Bonchev–Trinajstić information content (AvgIpc) is 1.96. The number of amides is 1. The first-order valence-electron chi connectivity index (χ1n) is 5.46. The molecule has 4 nitrogen and oxygen atoms in total. The highest BCUT2D eigenvalue weighted by Gasteiger charge is 2.17. The molecular weight excluding hydrogens is 192 g/mol. The summed E-state index contributed by atoms with van der Waals surface area (Å²) in [5.74, 6) is 0. The van der Waals surface area contributed by atoms with E-state index < -0.39 is 5.60 Å². The lowest BCUT2D eigenvalue weighted by Gasteiger charge is -2.22. The van der Waals surface area contributed by atoms with E-state index in [0.717, 1.165) is 12.8 Å². The third-order valence-corrected chi connectivity index (χ3v) is 1.82. The van der Waals surface area contributed by atoms with Gasteiger partial charge in [-0.3, -0.25) is 0 Å². The molecule has 1 amide bonds. The molecule has 0 aliphatic rings. The van der Waals surface area contributed by atoms with Gasteiger partial charge in [-0.1, -0.05) is 0 Å². The number of rotatable bonds is 4. The van der Waals surface area contributed by atoms with Gasteiger partial charge < -0.3 is 15.8 Å². The first-order valence-corrected chi connectivity index (χ1v) is 5.46. The molecule has 0 radical (unpaired) electrons. The molecule has 0 aliphatic heterocycles. The normalized spacial score (nSPS) is 15.6. The molecule has 0 rings (SSSR count). The maximum absolute atomic E-state index is 11.3. The van der Waals surface area contributed by atoms with E-state index in [0.29, 0.717) is 0 Å². The Hall–Kier alpha value is -0.770. The summed E-state index contributed by atoms with van der Waals surface area (Å²) < 4.78 is 5.13. The zero-order chi connectivity index (χ0) is 12.1. The number of alkyl carbamates (subject to hydrolysis) is 1. The molecule has 0 heterocycles. The first-order chi connectivity index (χ1) is 6.70. The molecule has 15 heavy (non-hydrogen) atoms. The minimum atomic E-state index is -0.440.